The predicted molar refractivity (Wildman–Crippen MR) is 108 cm³/mol. The van der Waals surface area contributed by atoms with Gasteiger partial charge in [-0.2, -0.15) is 0 Å². The van der Waals surface area contributed by atoms with Crippen LogP contribution in [0.4, 0.5) is 0 Å². The number of unbranched alkanes of at least 4 members (excludes halogenated alkanes) is 1. The number of nitrogens with zero attached hydrogens (tertiary/aromatic N) is 1. The van der Waals surface area contributed by atoms with E-state index in [2.05, 4.69) is 36.1 Å². The van der Waals surface area contributed by atoms with Crippen molar-refractivity contribution in [3.05, 3.63) is 71.8 Å². The van der Waals surface area contributed by atoms with Crippen molar-refractivity contribution in [1.29, 1.82) is 0 Å². The molecule has 146 valence electrons. The first-order valence-electron chi connectivity index (χ1n) is 9.67. The van der Waals surface area contributed by atoms with Gasteiger partial charge in [-0.3, -0.25) is 4.90 Å². The lowest BCUT2D eigenvalue weighted by atomic mass is 10.1. The summed E-state index contributed by atoms with van der Waals surface area (Å²) < 4.78 is 11.0. The van der Waals surface area contributed by atoms with Crippen molar-refractivity contribution in [3.8, 4) is 0 Å². The van der Waals surface area contributed by atoms with Crippen molar-refractivity contribution in [2.45, 2.75) is 51.9 Å². The Hall–Kier alpha value is -2.17. The maximum atomic E-state index is 12.4. The summed E-state index contributed by atoms with van der Waals surface area (Å²) in [4.78, 5) is 14.7. The second kappa shape index (κ2) is 11.5. The summed E-state index contributed by atoms with van der Waals surface area (Å²) in [7, 11) is 1.42. The van der Waals surface area contributed by atoms with Crippen LogP contribution in [-0.4, -0.2) is 36.7 Å². The highest BCUT2D eigenvalue weighted by molar-refractivity contribution is 5.75. The first-order chi connectivity index (χ1) is 13.2. The minimum absolute atomic E-state index is 0.116. The Morgan fingerprint density at radius 2 is 1.48 bits per heavy atom. The highest BCUT2D eigenvalue weighted by Gasteiger charge is 2.31. The number of carbonyl (C=O) groups is 1. The molecule has 4 nitrogen and oxygen atoms in total. The van der Waals surface area contributed by atoms with E-state index < -0.39 is 6.10 Å². The van der Waals surface area contributed by atoms with Gasteiger partial charge >= 0.3 is 5.97 Å². The third kappa shape index (κ3) is 6.81. The molecule has 2 rings (SSSR count). The molecule has 2 aromatic carbocycles. The minimum Gasteiger partial charge on any atom is -0.467 e. The van der Waals surface area contributed by atoms with Crippen LogP contribution in [0.25, 0.3) is 0 Å². The van der Waals surface area contributed by atoms with E-state index in [1.165, 1.54) is 18.2 Å². The van der Waals surface area contributed by atoms with E-state index in [-0.39, 0.29) is 12.0 Å². The van der Waals surface area contributed by atoms with E-state index in [4.69, 9.17) is 9.47 Å². The molecule has 0 heterocycles. The molecule has 0 N–H and O–H groups in total. The molecule has 0 fully saturated rings. The maximum absolute atomic E-state index is 12.4. The van der Waals surface area contributed by atoms with Gasteiger partial charge in [-0.1, -0.05) is 74.0 Å². The van der Waals surface area contributed by atoms with Gasteiger partial charge in [0.2, 0.25) is 0 Å². The summed E-state index contributed by atoms with van der Waals surface area (Å²) in [6.45, 7) is 6.19. The van der Waals surface area contributed by atoms with Gasteiger partial charge in [-0.05, 0) is 24.5 Å². The third-order valence-corrected chi connectivity index (χ3v) is 4.70. The first kappa shape index (κ1) is 21.1. The molecule has 0 aromatic heterocycles. The van der Waals surface area contributed by atoms with Crippen LogP contribution in [-0.2, 0) is 27.4 Å². The van der Waals surface area contributed by atoms with Crippen LogP contribution in [0, 0.1) is 0 Å². The fraction of sp³-hybridized carbons (Fsp3) is 0.435. The molecular weight excluding hydrogens is 338 g/mol. The molecule has 0 radical (unpaired) electrons. The number of carbonyl (C=O) groups excluding carboxylic acids is 1. The normalized spacial score (nSPS) is 13.3. The average molecular weight is 370 g/mol. The second-order valence-electron chi connectivity index (χ2n) is 6.78. The Balaban J connectivity index is 2.20. The Bertz CT molecular complexity index is 618. The molecule has 0 bridgehead atoms. The Labute approximate surface area is 163 Å². The SMILES string of the molecule is CCCCOC(C(=O)OC)[C@H](C)N(Cc1ccccc1)Cc1ccccc1. The topological polar surface area (TPSA) is 38.8 Å². The molecule has 2 atom stereocenters. The minimum atomic E-state index is -0.603. The van der Waals surface area contributed by atoms with Crippen LogP contribution < -0.4 is 0 Å². The number of hydrogen-bond acceptors (Lipinski definition) is 4. The van der Waals surface area contributed by atoms with Gasteiger partial charge in [0.1, 0.15) is 0 Å². The van der Waals surface area contributed by atoms with Crippen molar-refractivity contribution >= 4 is 5.97 Å². The highest BCUT2D eigenvalue weighted by atomic mass is 16.6. The number of hydrogen-bond donors (Lipinski definition) is 0. The highest BCUT2D eigenvalue weighted by Crippen LogP contribution is 2.18. The summed E-state index contributed by atoms with van der Waals surface area (Å²) in [5.41, 5.74) is 2.41. The number of rotatable bonds is 11. The number of benzene rings is 2. The molecule has 0 saturated carbocycles. The largest absolute Gasteiger partial charge is 0.467 e. The molecule has 1 unspecified atom stereocenters. The van der Waals surface area contributed by atoms with E-state index >= 15 is 0 Å². The number of ether oxygens (including phenoxy) is 2. The Morgan fingerprint density at radius 1 is 0.963 bits per heavy atom. The fourth-order valence-electron chi connectivity index (χ4n) is 3.05. The van der Waals surface area contributed by atoms with Crippen LogP contribution in [0.1, 0.15) is 37.8 Å². The van der Waals surface area contributed by atoms with Crippen LogP contribution in [0.5, 0.6) is 0 Å². The van der Waals surface area contributed by atoms with E-state index in [0.717, 1.165) is 25.9 Å². The summed E-state index contributed by atoms with van der Waals surface area (Å²) in [5, 5.41) is 0. The van der Waals surface area contributed by atoms with Gasteiger partial charge in [0, 0.05) is 25.7 Å². The van der Waals surface area contributed by atoms with Crippen LogP contribution in [0.15, 0.2) is 60.7 Å². The standard InChI is InChI=1S/C23H31NO3/c1-4-5-16-27-22(23(25)26-3)19(2)24(17-20-12-8-6-9-13-20)18-21-14-10-7-11-15-21/h6-15,19,22H,4-5,16-18H2,1-3H3/t19-,22?/m0/s1. The lowest BCUT2D eigenvalue weighted by molar-refractivity contribution is -0.159. The summed E-state index contributed by atoms with van der Waals surface area (Å²) in [6.07, 6.45) is 1.35. The number of esters is 1. The Kier molecular flexibility index (Phi) is 9.02. The predicted octanol–water partition coefficient (Wildman–Crippen LogP) is 4.44. The Morgan fingerprint density at radius 3 is 1.93 bits per heavy atom. The van der Waals surface area contributed by atoms with Crippen LogP contribution in [0.3, 0.4) is 0 Å². The van der Waals surface area contributed by atoms with Crippen LogP contribution >= 0.6 is 0 Å². The summed E-state index contributed by atoms with van der Waals surface area (Å²) >= 11 is 0. The van der Waals surface area contributed by atoms with E-state index in [0.29, 0.717) is 6.61 Å². The zero-order chi connectivity index (χ0) is 19.5. The quantitative estimate of drug-likeness (QED) is 0.434. The van der Waals surface area contributed by atoms with E-state index in [1.54, 1.807) is 0 Å². The van der Waals surface area contributed by atoms with Crippen LogP contribution in [0.2, 0.25) is 0 Å². The summed E-state index contributed by atoms with van der Waals surface area (Å²) in [6, 6.07) is 20.5. The molecule has 0 aliphatic rings. The van der Waals surface area contributed by atoms with Crippen molar-refractivity contribution in [2.24, 2.45) is 0 Å². The molecule has 0 spiro atoms. The maximum Gasteiger partial charge on any atom is 0.336 e. The molecule has 0 aliphatic carbocycles. The first-order valence-corrected chi connectivity index (χ1v) is 9.67. The fourth-order valence-corrected chi connectivity index (χ4v) is 3.05. The van der Waals surface area contributed by atoms with Gasteiger partial charge in [0.25, 0.3) is 0 Å². The second-order valence-corrected chi connectivity index (χ2v) is 6.78. The van der Waals surface area contributed by atoms with Crippen molar-refractivity contribution in [2.75, 3.05) is 13.7 Å². The smallest absolute Gasteiger partial charge is 0.336 e. The average Bonchev–Trinajstić information content (AvgIpc) is 2.71. The monoisotopic (exact) mass is 369 g/mol. The molecule has 4 heteroatoms. The van der Waals surface area contributed by atoms with Gasteiger partial charge in [-0.15, -0.1) is 0 Å². The third-order valence-electron chi connectivity index (χ3n) is 4.70. The molecule has 2 aromatic rings. The van der Waals surface area contributed by atoms with E-state index in [9.17, 15) is 4.79 Å². The van der Waals surface area contributed by atoms with Crippen molar-refractivity contribution in [3.63, 3.8) is 0 Å². The lowest BCUT2D eigenvalue weighted by Gasteiger charge is -2.33. The zero-order valence-corrected chi connectivity index (χ0v) is 16.6. The lowest BCUT2D eigenvalue weighted by Crippen LogP contribution is -2.46. The van der Waals surface area contributed by atoms with Crippen molar-refractivity contribution < 1.29 is 14.3 Å². The van der Waals surface area contributed by atoms with E-state index in [1.807, 2.05) is 43.3 Å². The molecule has 0 saturated heterocycles. The summed E-state index contributed by atoms with van der Waals surface area (Å²) in [5.74, 6) is -0.315. The van der Waals surface area contributed by atoms with Gasteiger partial charge in [-0.25, -0.2) is 4.79 Å². The van der Waals surface area contributed by atoms with Gasteiger partial charge in [0.15, 0.2) is 6.10 Å². The molecule has 27 heavy (non-hydrogen) atoms. The zero-order valence-electron chi connectivity index (χ0n) is 16.6. The molecular formula is C23H31NO3. The molecule has 0 amide bonds. The van der Waals surface area contributed by atoms with Crippen molar-refractivity contribution in [1.82, 2.24) is 4.90 Å². The number of methoxy groups -OCH3 is 1. The molecule has 0 aliphatic heterocycles. The van der Waals surface area contributed by atoms with Gasteiger partial charge in [0.05, 0.1) is 7.11 Å². The van der Waals surface area contributed by atoms with Gasteiger partial charge < -0.3 is 9.47 Å².